The molecule has 0 spiro atoms. The van der Waals surface area contributed by atoms with Crippen molar-refractivity contribution in [2.24, 2.45) is 0 Å². The van der Waals surface area contributed by atoms with Crippen molar-refractivity contribution < 1.29 is 14.6 Å². The molecule has 3 nitrogen and oxygen atoms in total. The molecule has 1 N–H and O–H groups in total. The Labute approximate surface area is 97.0 Å². The lowest BCUT2D eigenvalue weighted by atomic mass is 10.0. The van der Waals surface area contributed by atoms with Crippen LogP contribution in [0.2, 0.25) is 0 Å². The van der Waals surface area contributed by atoms with Crippen LogP contribution in [0.3, 0.4) is 0 Å². The largest absolute Gasteiger partial charge is 0.396 e. The van der Waals surface area contributed by atoms with Crippen molar-refractivity contribution in [2.75, 3.05) is 27.4 Å². The molecule has 0 amide bonds. The first-order valence-corrected chi connectivity index (χ1v) is 5.53. The zero-order chi connectivity index (χ0) is 11.8. The predicted molar refractivity (Wildman–Crippen MR) is 63.5 cm³/mol. The van der Waals surface area contributed by atoms with E-state index in [2.05, 4.69) is 12.1 Å². The number of aliphatic hydroxyl groups excluding tert-OH is 1. The third-order valence-electron chi connectivity index (χ3n) is 2.55. The maximum Gasteiger partial charge on any atom is 0.105 e. The summed E-state index contributed by atoms with van der Waals surface area (Å²) in [6.45, 7) is 0.788. The maximum absolute atomic E-state index is 8.79. The second-order valence-electron chi connectivity index (χ2n) is 3.75. The summed E-state index contributed by atoms with van der Waals surface area (Å²) in [5.74, 6) is 0. The van der Waals surface area contributed by atoms with Gasteiger partial charge in [-0.2, -0.15) is 0 Å². The molecule has 90 valence electrons. The van der Waals surface area contributed by atoms with E-state index >= 15 is 0 Å². The molecule has 1 aromatic rings. The van der Waals surface area contributed by atoms with Gasteiger partial charge in [-0.3, -0.25) is 0 Å². The topological polar surface area (TPSA) is 38.7 Å². The Morgan fingerprint density at radius 3 is 2.75 bits per heavy atom. The maximum atomic E-state index is 8.79. The molecule has 0 saturated carbocycles. The molecule has 1 rings (SSSR count). The number of aryl methyl sites for hydroxylation is 1. The van der Waals surface area contributed by atoms with Crippen LogP contribution in [0.25, 0.3) is 0 Å². The van der Waals surface area contributed by atoms with Crippen molar-refractivity contribution >= 4 is 0 Å². The molecule has 0 bridgehead atoms. The Balaban J connectivity index is 2.71. The number of rotatable bonds is 7. The van der Waals surface area contributed by atoms with E-state index in [0.29, 0.717) is 6.61 Å². The van der Waals surface area contributed by atoms with Crippen molar-refractivity contribution in [1.29, 1.82) is 0 Å². The minimum Gasteiger partial charge on any atom is -0.396 e. The zero-order valence-electron chi connectivity index (χ0n) is 9.98. The Morgan fingerprint density at radius 1 is 1.31 bits per heavy atom. The highest BCUT2D eigenvalue weighted by molar-refractivity contribution is 5.25. The summed E-state index contributed by atoms with van der Waals surface area (Å²) in [6, 6.07) is 8.24. The summed E-state index contributed by atoms with van der Waals surface area (Å²) in [5.41, 5.74) is 2.35. The molecule has 0 saturated heterocycles. The van der Waals surface area contributed by atoms with Crippen LogP contribution in [-0.2, 0) is 15.9 Å². The molecule has 0 fully saturated rings. The minimum atomic E-state index is -0.0147. The normalized spacial score (nSPS) is 12.7. The van der Waals surface area contributed by atoms with Crippen molar-refractivity contribution in [2.45, 2.75) is 18.9 Å². The Hall–Kier alpha value is -0.900. The van der Waals surface area contributed by atoms with Crippen molar-refractivity contribution in [1.82, 2.24) is 0 Å². The van der Waals surface area contributed by atoms with Gasteiger partial charge >= 0.3 is 0 Å². The molecule has 3 heteroatoms. The standard InChI is InChI=1S/C13H20O3/c1-15-10-13(16-2)12-7-3-5-11(9-12)6-4-8-14/h3,5,7,9,13-14H,4,6,8,10H2,1-2H3. The summed E-state index contributed by atoms with van der Waals surface area (Å²) in [5, 5.41) is 8.79. The van der Waals surface area contributed by atoms with E-state index in [1.54, 1.807) is 14.2 Å². The molecule has 0 aliphatic carbocycles. The molecule has 16 heavy (non-hydrogen) atoms. The summed E-state index contributed by atoms with van der Waals surface area (Å²) in [4.78, 5) is 0. The van der Waals surface area contributed by atoms with Gasteiger partial charge in [-0.25, -0.2) is 0 Å². The van der Waals surface area contributed by atoms with Crippen LogP contribution < -0.4 is 0 Å². The van der Waals surface area contributed by atoms with Gasteiger partial charge in [0.05, 0.1) is 6.61 Å². The fraction of sp³-hybridized carbons (Fsp3) is 0.538. The van der Waals surface area contributed by atoms with Gasteiger partial charge < -0.3 is 14.6 Å². The fourth-order valence-corrected chi connectivity index (χ4v) is 1.68. The number of hydrogen-bond donors (Lipinski definition) is 1. The van der Waals surface area contributed by atoms with Gasteiger partial charge in [0.25, 0.3) is 0 Å². The summed E-state index contributed by atoms with van der Waals surface area (Å²) >= 11 is 0. The SMILES string of the molecule is COCC(OC)c1cccc(CCCO)c1. The third-order valence-corrected chi connectivity index (χ3v) is 2.55. The molecule has 0 aliphatic rings. The monoisotopic (exact) mass is 224 g/mol. The first kappa shape index (κ1) is 13.2. The van der Waals surface area contributed by atoms with E-state index in [4.69, 9.17) is 14.6 Å². The van der Waals surface area contributed by atoms with Crippen LogP contribution >= 0.6 is 0 Å². The number of methoxy groups -OCH3 is 2. The molecule has 1 aromatic carbocycles. The van der Waals surface area contributed by atoms with Gasteiger partial charge in [-0.15, -0.1) is 0 Å². The highest BCUT2D eigenvalue weighted by Crippen LogP contribution is 2.18. The fourth-order valence-electron chi connectivity index (χ4n) is 1.68. The molecule has 0 aromatic heterocycles. The van der Waals surface area contributed by atoms with E-state index in [1.807, 2.05) is 12.1 Å². The average Bonchev–Trinajstić information content (AvgIpc) is 2.33. The van der Waals surface area contributed by atoms with Crippen molar-refractivity contribution in [3.8, 4) is 0 Å². The minimum absolute atomic E-state index is 0.0147. The lowest BCUT2D eigenvalue weighted by Crippen LogP contribution is -2.08. The van der Waals surface area contributed by atoms with Gasteiger partial charge in [0.15, 0.2) is 0 Å². The predicted octanol–water partition coefficient (Wildman–Crippen LogP) is 1.95. The number of aliphatic hydroxyl groups is 1. The molecule has 0 radical (unpaired) electrons. The van der Waals surface area contributed by atoms with Crippen LogP contribution in [0.1, 0.15) is 23.7 Å². The molecular formula is C13H20O3. The van der Waals surface area contributed by atoms with Gasteiger partial charge in [0, 0.05) is 20.8 Å². The van der Waals surface area contributed by atoms with E-state index in [0.717, 1.165) is 18.4 Å². The molecule has 1 atom stereocenters. The summed E-state index contributed by atoms with van der Waals surface area (Å²) in [6.07, 6.45) is 1.68. The number of hydrogen-bond acceptors (Lipinski definition) is 3. The molecule has 1 unspecified atom stereocenters. The van der Waals surface area contributed by atoms with Gasteiger partial charge in [-0.1, -0.05) is 24.3 Å². The third kappa shape index (κ3) is 3.93. The van der Waals surface area contributed by atoms with E-state index < -0.39 is 0 Å². The molecule has 0 aliphatic heterocycles. The zero-order valence-corrected chi connectivity index (χ0v) is 9.98. The Kier molecular flexibility index (Phi) is 6.08. The van der Waals surface area contributed by atoms with E-state index in [1.165, 1.54) is 5.56 Å². The summed E-state index contributed by atoms with van der Waals surface area (Å²) in [7, 11) is 3.35. The summed E-state index contributed by atoms with van der Waals surface area (Å²) < 4.78 is 10.5. The average molecular weight is 224 g/mol. The lowest BCUT2D eigenvalue weighted by Gasteiger charge is -2.15. The smallest absolute Gasteiger partial charge is 0.105 e. The quantitative estimate of drug-likeness (QED) is 0.769. The highest BCUT2D eigenvalue weighted by atomic mass is 16.5. The van der Waals surface area contributed by atoms with Crippen LogP contribution in [0.15, 0.2) is 24.3 Å². The second kappa shape index (κ2) is 7.39. The van der Waals surface area contributed by atoms with Crippen LogP contribution in [0.5, 0.6) is 0 Å². The number of benzene rings is 1. The lowest BCUT2D eigenvalue weighted by molar-refractivity contribution is 0.0274. The first-order valence-electron chi connectivity index (χ1n) is 5.53. The Bertz CT molecular complexity index is 299. The number of ether oxygens (including phenoxy) is 2. The Morgan fingerprint density at radius 2 is 2.12 bits per heavy atom. The van der Waals surface area contributed by atoms with Gasteiger partial charge in [-0.05, 0) is 24.0 Å². The van der Waals surface area contributed by atoms with Gasteiger partial charge in [0.2, 0.25) is 0 Å². The van der Waals surface area contributed by atoms with Crippen molar-refractivity contribution in [3.63, 3.8) is 0 Å². The second-order valence-corrected chi connectivity index (χ2v) is 3.75. The van der Waals surface area contributed by atoms with Crippen LogP contribution in [0.4, 0.5) is 0 Å². The highest BCUT2D eigenvalue weighted by Gasteiger charge is 2.10. The van der Waals surface area contributed by atoms with E-state index in [-0.39, 0.29) is 12.7 Å². The first-order chi connectivity index (χ1) is 7.81. The van der Waals surface area contributed by atoms with Crippen molar-refractivity contribution in [3.05, 3.63) is 35.4 Å². The molecular weight excluding hydrogens is 204 g/mol. The molecule has 0 heterocycles. The van der Waals surface area contributed by atoms with Crippen LogP contribution in [0, 0.1) is 0 Å². The van der Waals surface area contributed by atoms with E-state index in [9.17, 15) is 0 Å². The van der Waals surface area contributed by atoms with Gasteiger partial charge in [0.1, 0.15) is 6.10 Å². The van der Waals surface area contributed by atoms with Crippen LogP contribution in [-0.4, -0.2) is 32.5 Å².